The summed E-state index contributed by atoms with van der Waals surface area (Å²) in [7, 11) is 0. The third-order valence-electron chi connectivity index (χ3n) is 2.97. The maximum Gasteiger partial charge on any atom is 0.224 e. The van der Waals surface area contributed by atoms with Crippen LogP contribution in [0.5, 0.6) is 0 Å². The lowest BCUT2D eigenvalue weighted by Gasteiger charge is -2.19. The van der Waals surface area contributed by atoms with E-state index in [4.69, 9.17) is 5.73 Å². The van der Waals surface area contributed by atoms with Crippen LogP contribution in [-0.2, 0) is 11.2 Å². The minimum absolute atomic E-state index is 0.0560. The fourth-order valence-electron chi connectivity index (χ4n) is 2.04. The third kappa shape index (κ3) is 2.04. The molecule has 0 saturated heterocycles. The van der Waals surface area contributed by atoms with Crippen molar-refractivity contribution in [3.05, 3.63) is 34.5 Å². The first-order valence-corrected chi connectivity index (χ1v) is 6.68. The van der Waals surface area contributed by atoms with Gasteiger partial charge in [-0.25, -0.2) is 0 Å². The Balaban J connectivity index is 1.94. The predicted molar refractivity (Wildman–Crippen MR) is 75.4 cm³/mol. The first-order chi connectivity index (χ1) is 8.72. The molecule has 0 spiro atoms. The molecule has 5 heteroatoms. The molecule has 0 unspecified atom stereocenters. The molecule has 0 atom stereocenters. The number of thiophene rings is 1. The summed E-state index contributed by atoms with van der Waals surface area (Å²) in [5.41, 5.74) is 10.5. The topological polar surface area (TPSA) is 67.1 Å². The predicted octanol–water partition coefficient (Wildman–Crippen LogP) is 2.96. The van der Waals surface area contributed by atoms with Crippen molar-refractivity contribution < 1.29 is 4.79 Å². The van der Waals surface area contributed by atoms with Crippen LogP contribution in [0.15, 0.2) is 29.0 Å². The van der Waals surface area contributed by atoms with E-state index in [-0.39, 0.29) is 5.91 Å². The van der Waals surface area contributed by atoms with Crippen LogP contribution >= 0.6 is 11.3 Å². The number of nitrogens with two attached hydrogens (primary N) is 1. The van der Waals surface area contributed by atoms with E-state index in [9.17, 15) is 4.79 Å². The van der Waals surface area contributed by atoms with Gasteiger partial charge in [-0.1, -0.05) is 0 Å². The molecule has 1 aromatic carbocycles. The van der Waals surface area contributed by atoms with E-state index < -0.39 is 0 Å². The zero-order valence-corrected chi connectivity index (χ0v) is 10.5. The van der Waals surface area contributed by atoms with Crippen molar-refractivity contribution in [1.29, 1.82) is 0 Å². The van der Waals surface area contributed by atoms with Gasteiger partial charge in [0.1, 0.15) is 0 Å². The molecule has 2 aromatic rings. The number of carbonyl (C=O) groups excluding carboxylic acids is 1. The van der Waals surface area contributed by atoms with Crippen LogP contribution in [0, 0.1) is 0 Å². The highest BCUT2D eigenvalue weighted by molar-refractivity contribution is 7.08. The largest absolute Gasteiger partial charge is 0.397 e. The number of nitrogens with one attached hydrogen (secondary N) is 2. The molecule has 0 aliphatic carbocycles. The number of benzene rings is 1. The summed E-state index contributed by atoms with van der Waals surface area (Å²) in [6.45, 7) is 0. The van der Waals surface area contributed by atoms with Crippen LogP contribution in [0.3, 0.4) is 0 Å². The van der Waals surface area contributed by atoms with Gasteiger partial charge in [0.25, 0.3) is 0 Å². The molecule has 0 radical (unpaired) electrons. The van der Waals surface area contributed by atoms with Gasteiger partial charge in [-0.3, -0.25) is 4.79 Å². The average Bonchev–Trinajstić information content (AvgIpc) is 2.83. The van der Waals surface area contributed by atoms with Gasteiger partial charge in [0.15, 0.2) is 0 Å². The first kappa shape index (κ1) is 11.1. The second kappa shape index (κ2) is 4.34. The van der Waals surface area contributed by atoms with Crippen molar-refractivity contribution in [2.24, 2.45) is 0 Å². The highest BCUT2D eigenvalue weighted by Crippen LogP contribution is 2.32. The van der Waals surface area contributed by atoms with E-state index in [2.05, 4.69) is 10.6 Å². The average molecular weight is 259 g/mol. The molecule has 1 aliphatic rings. The molecule has 1 aliphatic heterocycles. The quantitative estimate of drug-likeness (QED) is 0.726. The summed E-state index contributed by atoms with van der Waals surface area (Å²) >= 11 is 1.63. The number of fused-ring (bicyclic) bond motifs is 1. The Morgan fingerprint density at radius 1 is 1.33 bits per heavy atom. The standard InChI is InChI=1S/C13H13N3OS/c14-10-6-11-8(1-2-13(17)16-11)5-12(10)15-9-3-4-18-7-9/h3-7,15H,1-2,14H2,(H,16,17). The summed E-state index contributed by atoms with van der Waals surface area (Å²) in [6.07, 6.45) is 1.30. The van der Waals surface area contributed by atoms with Gasteiger partial charge in [-0.15, -0.1) is 0 Å². The third-order valence-corrected chi connectivity index (χ3v) is 3.65. The van der Waals surface area contributed by atoms with Gasteiger partial charge in [0, 0.05) is 23.2 Å². The lowest BCUT2D eigenvalue weighted by molar-refractivity contribution is -0.116. The van der Waals surface area contributed by atoms with Gasteiger partial charge < -0.3 is 16.4 Å². The fraction of sp³-hybridized carbons (Fsp3) is 0.154. The van der Waals surface area contributed by atoms with Crippen molar-refractivity contribution in [2.75, 3.05) is 16.4 Å². The molecule has 0 fully saturated rings. The maximum absolute atomic E-state index is 11.3. The Kier molecular flexibility index (Phi) is 2.68. The highest BCUT2D eigenvalue weighted by Gasteiger charge is 2.16. The van der Waals surface area contributed by atoms with Crippen molar-refractivity contribution in [2.45, 2.75) is 12.8 Å². The molecular weight excluding hydrogens is 246 g/mol. The number of amides is 1. The molecule has 1 aromatic heterocycles. The van der Waals surface area contributed by atoms with Crippen molar-refractivity contribution in [3.63, 3.8) is 0 Å². The first-order valence-electron chi connectivity index (χ1n) is 5.74. The summed E-state index contributed by atoms with van der Waals surface area (Å²) in [5, 5.41) is 10.2. The van der Waals surface area contributed by atoms with E-state index in [0.29, 0.717) is 12.1 Å². The van der Waals surface area contributed by atoms with Crippen molar-refractivity contribution in [3.8, 4) is 0 Å². The summed E-state index contributed by atoms with van der Waals surface area (Å²) in [6, 6.07) is 5.84. The summed E-state index contributed by atoms with van der Waals surface area (Å²) in [5.74, 6) is 0.0560. The molecule has 4 N–H and O–H groups in total. The van der Waals surface area contributed by atoms with Crippen LogP contribution in [-0.4, -0.2) is 5.91 Å². The SMILES string of the molecule is Nc1cc2c(cc1Nc1ccsc1)CCC(=O)N2. The second-order valence-electron chi connectivity index (χ2n) is 4.28. The van der Waals surface area contributed by atoms with E-state index in [1.807, 2.05) is 29.0 Å². The normalized spacial score (nSPS) is 13.9. The number of carbonyl (C=O) groups is 1. The smallest absolute Gasteiger partial charge is 0.224 e. The molecule has 4 nitrogen and oxygen atoms in total. The van der Waals surface area contributed by atoms with Crippen LogP contribution in [0.25, 0.3) is 0 Å². The van der Waals surface area contributed by atoms with Gasteiger partial charge in [0.05, 0.1) is 11.4 Å². The van der Waals surface area contributed by atoms with Gasteiger partial charge in [-0.2, -0.15) is 11.3 Å². The lowest BCUT2D eigenvalue weighted by Crippen LogP contribution is -2.19. The van der Waals surface area contributed by atoms with Crippen molar-refractivity contribution >= 4 is 40.0 Å². The molecule has 1 amide bonds. The Labute approximate surface area is 109 Å². The zero-order chi connectivity index (χ0) is 12.5. The number of rotatable bonds is 2. The minimum atomic E-state index is 0.0560. The fourth-order valence-corrected chi connectivity index (χ4v) is 2.63. The lowest BCUT2D eigenvalue weighted by atomic mass is 10.0. The molecule has 2 heterocycles. The van der Waals surface area contributed by atoms with Crippen LogP contribution in [0.1, 0.15) is 12.0 Å². The van der Waals surface area contributed by atoms with Crippen LogP contribution in [0.4, 0.5) is 22.7 Å². The van der Waals surface area contributed by atoms with Crippen molar-refractivity contribution in [1.82, 2.24) is 0 Å². The van der Waals surface area contributed by atoms with E-state index in [1.165, 1.54) is 0 Å². The minimum Gasteiger partial charge on any atom is -0.397 e. The van der Waals surface area contributed by atoms with Gasteiger partial charge >= 0.3 is 0 Å². The molecule has 3 rings (SSSR count). The number of aryl methyl sites for hydroxylation is 1. The highest BCUT2D eigenvalue weighted by atomic mass is 32.1. The number of anilines is 4. The Morgan fingerprint density at radius 3 is 3.00 bits per heavy atom. The monoisotopic (exact) mass is 259 g/mol. The number of hydrogen-bond donors (Lipinski definition) is 3. The number of nitrogen functional groups attached to an aromatic ring is 1. The molecule has 18 heavy (non-hydrogen) atoms. The summed E-state index contributed by atoms with van der Waals surface area (Å²) in [4.78, 5) is 11.3. The molecule has 0 saturated carbocycles. The molecule has 0 bridgehead atoms. The van der Waals surface area contributed by atoms with E-state index >= 15 is 0 Å². The van der Waals surface area contributed by atoms with E-state index in [0.717, 1.165) is 29.0 Å². The van der Waals surface area contributed by atoms with E-state index in [1.54, 1.807) is 11.3 Å². The van der Waals surface area contributed by atoms with Gasteiger partial charge in [0.2, 0.25) is 5.91 Å². The maximum atomic E-state index is 11.3. The number of hydrogen-bond acceptors (Lipinski definition) is 4. The Hall–Kier alpha value is -2.01. The summed E-state index contributed by atoms with van der Waals surface area (Å²) < 4.78 is 0. The van der Waals surface area contributed by atoms with Crippen LogP contribution in [0.2, 0.25) is 0 Å². The molecular formula is C13H13N3OS. The van der Waals surface area contributed by atoms with Crippen LogP contribution < -0.4 is 16.4 Å². The molecule has 92 valence electrons. The Morgan fingerprint density at radius 2 is 2.22 bits per heavy atom. The second-order valence-corrected chi connectivity index (χ2v) is 5.06. The Bertz CT molecular complexity index is 593. The zero-order valence-electron chi connectivity index (χ0n) is 9.69. The van der Waals surface area contributed by atoms with Gasteiger partial charge in [-0.05, 0) is 35.6 Å².